The molecule has 0 aliphatic carbocycles. The Balaban J connectivity index is 2.75. The SMILES string of the molecule is CCCNCc1cc(S(=O)(=O)NCCCSC)ccc1Cl. The third-order valence-electron chi connectivity index (χ3n) is 2.89. The highest BCUT2D eigenvalue weighted by Crippen LogP contribution is 2.20. The minimum atomic E-state index is -3.46. The normalized spacial score (nSPS) is 11.8. The zero-order valence-corrected chi connectivity index (χ0v) is 14.9. The number of hydrogen-bond donors (Lipinski definition) is 2. The molecule has 0 atom stereocenters. The number of thioether (sulfide) groups is 1. The van der Waals surface area contributed by atoms with E-state index in [1.54, 1.807) is 30.0 Å². The fourth-order valence-electron chi connectivity index (χ4n) is 1.76. The second kappa shape index (κ2) is 9.69. The molecular weight excluding hydrogens is 328 g/mol. The maximum absolute atomic E-state index is 12.2. The Labute approximate surface area is 137 Å². The summed E-state index contributed by atoms with van der Waals surface area (Å²) in [7, 11) is -3.46. The average Bonchev–Trinajstić information content (AvgIpc) is 2.45. The monoisotopic (exact) mass is 350 g/mol. The number of halogens is 1. The van der Waals surface area contributed by atoms with Gasteiger partial charge in [-0.2, -0.15) is 11.8 Å². The lowest BCUT2D eigenvalue weighted by Gasteiger charge is -2.10. The molecule has 0 unspecified atom stereocenters. The van der Waals surface area contributed by atoms with Crippen LogP contribution in [0.1, 0.15) is 25.3 Å². The van der Waals surface area contributed by atoms with E-state index >= 15 is 0 Å². The first-order valence-electron chi connectivity index (χ1n) is 6.99. The van der Waals surface area contributed by atoms with Crippen LogP contribution in [0.15, 0.2) is 23.1 Å². The largest absolute Gasteiger partial charge is 0.313 e. The molecule has 0 saturated carbocycles. The van der Waals surface area contributed by atoms with E-state index in [4.69, 9.17) is 11.6 Å². The van der Waals surface area contributed by atoms with Crippen LogP contribution >= 0.6 is 23.4 Å². The summed E-state index contributed by atoms with van der Waals surface area (Å²) in [6.07, 6.45) is 3.84. The lowest BCUT2D eigenvalue weighted by atomic mass is 10.2. The molecule has 1 aromatic carbocycles. The van der Waals surface area contributed by atoms with E-state index in [2.05, 4.69) is 17.0 Å². The number of benzene rings is 1. The Morgan fingerprint density at radius 2 is 2.05 bits per heavy atom. The summed E-state index contributed by atoms with van der Waals surface area (Å²) >= 11 is 7.82. The Morgan fingerprint density at radius 1 is 1.29 bits per heavy atom. The third-order valence-corrected chi connectivity index (χ3v) is 5.41. The Hall–Kier alpha value is -0.270. The number of hydrogen-bond acceptors (Lipinski definition) is 4. The molecule has 0 heterocycles. The molecule has 0 bridgehead atoms. The van der Waals surface area contributed by atoms with Crippen molar-refractivity contribution < 1.29 is 8.42 Å². The Morgan fingerprint density at radius 3 is 2.71 bits per heavy atom. The standard InChI is InChI=1S/C14H23ClN2O2S2/c1-3-7-16-11-12-10-13(5-6-14(12)15)21(18,19)17-8-4-9-20-2/h5-6,10,16-17H,3-4,7-9,11H2,1-2H3. The highest BCUT2D eigenvalue weighted by Gasteiger charge is 2.15. The highest BCUT2D eigenvalue weighted by atomic mass is 35.5. The summed E-state index contributed by atoms with van der Waals surface area (Å²) in [4.78, 5) is 0.268. The summed E-state index contributed by atoms with van der Waals surface area (Å²) in [6, 6.07) is 4.82. The van der Waals surface area contributed by atoms with E-state index < -0.39 is 10.0 Å². The summed E-state index contributed by atoms with van der Waals surface area (Å²) in [5, 5.41) is 3.81. The van der Waals surface area contributed by atoms with Crippen LogP contribution < -0.4 is 10.0 Å². The molecule has 0 amide bonds. The minimum Gasteiger partial charge on any atom is -0.313 e. The van der Waals surface area contributed by atoms with Gasteiger partial charge in [-0.15, -0.1) is 0 Å². The molecule has 21 heavy (non-hydrogen) atoms. The van der Waals surface area contributed by atoms with E-state index in [0.29, 0.717) is 18.1 Å². The number of sulfonamides is 1. The maximum Gasteiger partial charge on any atom is 0.240 e. The van der Waals surface area contributed by atoms with Gasteiger partial charge in [-0.3, -0.25) is 0 Å². The molecule has 0 aliphatic rings. The Bertz CT molecular complexity index is 536. The average molecular weight is 351 g/mol. The van der Waals surface area contributed by atoms with Crippen molar-refractivity contribution in [3.63, 3.8) is 0 Å². The van der Waals surface area contributed by atoms with Crippen LogP contribution in [-0.4, -0.2) is 33.5 Å². The molecule has 1 aromatic rings. The van der Waals surface area contributed by atoms with Crippen molar-refractivity contribution in [3.8, 4) is 0 Å². The van der Waals surface area contributed by atoms with Crippen LogP contribution in [0.25, 0.3) is 0 Å². The molecule has 0 aliphatic heterocycles. The van der Waals surface area contributed by atoms with Gasteiger partial charge in [0.05, 0.1) is 4.90 Å². The first kappa shape index (κ1) is 18.8. The molecule has 4 nitrogen and oxygen atoms in total. The third kappa shape index (κ3) is 6.57. The summed E-state index contributed by atoms with van der Waals surface area (Å²) in [5.74, 6) is 0.940. The van der Waals surface area contributed by atoms with Crippen LogP contribution in [0.4, 0.5) is 0 Å². The molecule has 0 spiro atoms. The van der Waals surface area contributed by atoms with Crippen molar-refractivity contribution in [1.82, 2.24) is 10.0 Å². The molecule has 0 radical (unpaired) electrons. The fraction of sp³-hybridized carbons (Fsp3) is 0.571. The zero-order valence-electron chi connectivity index (χ0n) is 12.5. The van der Waals surface area contributed by atoms with Crippen LogP contribution in [0.5, 0.6) is 0 Å². The lowest BCUT2D eigenvalue weighted by Crippen LogP contribution is -2.25. The predicted molar refractivity (Wildman–Crippen MR) is 91.6 cm³/mol. The quantitative estimate of drug-likeness (QED) is 0.637. The second-order valence-electron chi connectivity index (χ2n) is 4.67. The maximum atomic E-state index is 12.2. The van der Waals surface area contributed by atoms with Gasteiger partial charge >= 0.3 is 0 Å². The van der Waals surface area contributed by atoms with Crippen molar-refractivity contribution in [2.45, 2.75) is 31.2 Å². The van der Waals surface area contributed by atoms with Crippen LogP contribution in [-0.2, 0) is 16.6 Å². The molecule has 0 fully saturated rings. The zero-order chi connectivity index (χ0) is 15.7. The van der Waals surface area contributed by atoms with Crippen molar-refractivity contribution in [1.29, 1.82) is 0 Å². The molecular formula is C14H23ClN2O2S2. The minimum absolute atomic E-state index is 0.268. The van der Waals surface area contributed by atoms with Gasteiger partial charge in [-0.25, -0.2) is 13.1 Å². The fourth-order valence-corrected chi connectivity index (χ4v) is 3.50. The van der Waals surface area contributed by atoms with E-state index in [1.165, 1.54) is 0 Å². The molecule has 1 rings (SSSR count). The van der Waals surface area contributed by atoms with Crippen molar-refractivity contribution in [2.75, 3.05) is 25.1 Å². The van der Waals surface area contributed by atoms with Gasteiger partial charge in [0.15, 0.2) is 0 Å². The van der Waals surface area contributed by atoms with Gasteiger partial charge in [0, 0.05) is 18.1 Å². The van der Waals surface area contributed by atoms with Gasteiger partial charge in [0.25, 0.3) is 0 Å². The van der Waals surface area contributed by atoms with Gasteiger partial charge < -0.3 is 5.32 Å². The molecule has 120 valence electrons. The Kier molecular flexibility index (Phi) is 8.66. The van der Waals surface area contributed by atoms with E-state index in [9.17, 15) is 8.42 Å². The first-order chi connectivity index (χ1) is 10.0. The molecule has 0 saturated heterocycles. The van der Waals surface area contributed by atoms with Crippen molar-refractivity contribution in [3.05, 3.63) is 28.8 Å². The van der Waals surface area contributed by atoms with Crippen LogP contribution in [0.2, 0.25) is 5.02 Å². The first-order valence-corrected chi connectivity index (χ1v) is 10.2. The summed E-state index contributed by atoms with van der Waals surface area (Å²) < 4.78 is 27.0. The van der Waals surface area contributed by atoms with E-state index in [0.717, 1.165) is 30.7 Å². The van der Waals surface area contributed by atoms with E-state index in [1.807, 2.05) is 6.26 Å². The smallest absolute Gasteiger partial charge is 0.240 e. The highest BCUT2D eigenvalue weighted by molar-refractivity contribution is 7.98. The lowest BCUT2D eigenvalue weighted by molar-refractivity contribution is 0.580. The second-order valence-corrected chi connectivity index (χ2v) is 7.83. The number of nitrogens with one attached hydrogen (secondary N) is 2. The van der Waals surface area contributed by atoms with E-state index in [-0.39, 0.29) is 4.90 Å². The number of rotatable bonds is 10. The summed E-state index contributed by atoms with van der Waals surface area (Å²) in [6.45, 7) is 3.98. The topological polar surface area (TPSA) is 58.2 Å². The van der Waals surface area contributed by atoms with Crippen molar-refractivity contribution >= 4 is 33.4 Å². The van der Waals surface area contributed by atoms with Gasteiger partial charge in [0.1, 0.15) is 0 Å². The summed E-state index contributed by atoms with van der Waals surface area (Å²) in [5.41, 5.74) is 0.803. The molecule has 7 heteroatoms. The van der Waals surface area contributed by atoms with Crippen molar-refractivity contribution in [2.24, 2.45) is 0 Å². The van der Waals surface area contributed by atoms with Crippen LogP contribution in [0.3, 0.4) is 0 Å². The van der Waals surface area contributed by atoms with Gasteiger partial charge in [-0.05, 0) is 55.2 Å². The molecule has 2 N–H and O–H groups in total. The predicted octanol–water partition coefficient (Wildman–Crippen LogP) is 2.87. The van der Waals surface area contributed by atoms with Gasteiger partial charge in [0.2, 0.25) is 10.0 Å². The van der Waals surface area contributed by atoms with Crippen LogP contribution in [0, 0.1) is 0 Å². The van der Waals surface area contributed by atoms with Gasteiger partial charge in [-0.1, -0.05) is 18.5 Å². The molecule has 0 aromatic heterocycles.